The first-order chi connectivity index (χ1) is 7.59. The normalized spacial score (nSPS) is 16.9. The van der Waals surface area contributed by atoms with E-state index >= 15 is 0 Å². The zero-order valence-electron chi connectivity index (χ0n) is 10.8. The van der Waals surface area contributed by atoms with Gasteiger partial charge in [0.25, 0.3) is 0 Å². The molecule has 0 saturated heterocycles. The van der Waals surface area contributed by atoms with Crippen LogP contribution in [0.15, 0.2) is 12.3 Å². The molecule has 0 saturated carbocycles. The molecule has 2 heteroatoms. The molecule has 88 valence electrons. The Bertz CT molecular complexity index is 369. The van der Waals surface area contributed by atoms with E-state index in [2.05, 4.69) is 43.6 Å². The van der Waals surface area contributed by atoms with E-state index in [0.717, 1.165) is 13.0 Å². The van der Waals surface area contributed by atoms with Crippen LogP contribution in [0.5, 0.6) is 0 Å². The van der Waals surface area contributed by atoms with Crippen molar-refractivity contribution in [3.8, 4) is 0 Å². The summed E-state index contributed by atoms with van der Waals surface area (Å²) in [7, 11) is 0. The van der Waals surface area contributed by atoms with Crippen LogP contribution in [0.25, 0.3) is 0 Å². The van der Waals surface area contributed by atoms with Gasteiger partial charge in [0, 0.05) is 31.0 Å². The van der Waals surface area contributed by atoms with Crippen molar-refractivity contribution in [1.29, 1.82) is 0 Å². The van der Waals surface area contributed by atoms with Gasteiger partial charge in [-0.15, -0.1) is 0 Å². The summed E-state index contributed by atoms with van der Waals surface area (Å²) in [6, 6.07) is 2.83. The van der Waals surface area contributed by atoms with Gasteiger partial charge in [0.2, 0.25) is 0 Å². The molecule has 0 amide bonds. The zero-order valence-corrected chi connectivity index (χ0v) is 10.8. The number of pyridine rings is 1. The Morgan fingerprint density at radius 1 is 1.25 bits per heavy atom. The Hall–Kier alpha value is -0.890. The van der Waals surface area contributed by atoms with Crippen molar-refractivity contribution in [2.75, 3.05) is 6.54 Å². The molecule has 0 aliphatic carbocycles. The van der Waals surface area contributed by atoms with Gasteiger partial charge in [0.15, 0.2) is 0 Å². The lowest BCUT2D eigenvalue weighted by molar-refractivity contribution is 0.202. The van der Waals surface area contributed by atoms with Crippen molar-refractivity contribution in [2.45, 2.75) is 52.6 Å². The van der Waals surface area contributed by atoms with Crippen molar-refractivity contribution in [2.24, 2.45) is 0 Å². The minimum Gasteiger partial charge on any atom is -0.296 e. The van der Waals surface area contributed by atoms with Crippen molar-refractivity contribution in [3.05, 3.63) is 29.1 Å². The van der Waals surface area contributed by atoms with Crippen molar-refractivity contribution >= 4 is 0 Å². The first-order valence-electron chi connectivity index (χ1n) is 6.30. The van der Waals surface area contributed by atoms with E-state index in [1.54, 1.807) is 0 Å². The molecular formula is C14H22N2. The summed E-state index contributed by atoms with van der Waals surface area (Å²) in [6.07, 6.45) is 3.13. The molecule has 0 radical (unpaired) electrons. The lowest BCUT2D eigenvalue weighted by Crippen LogP contribution is -2.36. The Labute approximate surface area is 98.7 Å². The summed E-state index contributed by atoms with van der Waals surface area (Å²) in [4.78, 5) is 7.08. The Morgan fingerprint density at radius 2 is 2.00 bits per heavy atom. The highest BCUT2D eigenvalue weighted by atomic mass is 15.1. The molecule has 0 bridgehead atoms. The topological polar surface area (TPSA) is 16.1 Å². The average Bonchev–Trinajstić information content (AvgIpc) is 2.27. The molecule has 1 aliphatic heterocycles. The molecule has 0 atom stereocenters. The summed E-state index contributed by atoms with van der Waals surface area (Å²) in [5, 5.41) is 0. The summed E-state index contributed by atoms with van der Waals surface area (Å²) in [5.41, 5.74) is 4.30. The maximum absolute atomic E-state index is 4.54. The van der Waals surface area contributed by atoms with Crippen molar-refractivity contribution in [1.82, 2.24) is 9.88 Å². The maximum atomic E-state index is 4.54. The van der Waals surface area contributed by atoms with Crippen LogP contribution < -0.4 is 0 Å². The summed E-state index contributed by atoms with van der Waals surface area (Å²) in [5.74, 6) is 0.542. The van der Waals surface area contributed by atoms with Crippen LogP contribution in [0.2, 0.25) is 0 Å². The second-order valence-corrected chi connectivity index (χ2v) is 5.30. The average molecular weight is 218 g/mol. The fourth-order valence-electron chi connectivity index (χ4n) is 2.48. The number of aromatic nitrogens is 1. The van der Waals surface area contributed by atoms with E-state index in [1.807, 2.05) is 6.20 Å². The molecule has 0 aromatic carbocycles. The largest absolute Gasteiger partial charge is 0.296 e. The Morgan fingerprint density at radius 3 is 2.62 bits per heavy atom. The molecule has 0 spiro atoms. The van der Waals surface area contributed by atoms with E-state index in [4.69, 9.17) is 0 Å². The predicted molar refractivity (Wildman–Crippen MR) is 67.6 cm³/mol. The van der Waals surface area contributed by atoms with Gasteiger partial charge in [-0.3, -0.25) is 9.88 Å². The first-order valence-corrected chi connectivity index (χ1v) is 6.30. The molecule has 0 fully saturated rings. The third kappa shape index (κ3) is 2.12. The van der Waals surface area contributed by atoms with Gasteiger partial charge in [0.05, 0.1) is 0 Å². The van der Waals surface area contributed by atoms with Crippen LogP contribution in [0.1, 0.15) is 50.4 Å². The maximum Gasteiger partial charge on any atom is 0.0464 e. The molecule has 1 aliphatic rings. The minimum absolute atomic E-state index is 0.542. The second kappa shape index (κ2) is 4.54. The smallest absolute Gasteiger partial charge is 0.0464 e. The molecule has 1 aromatic heterocycles. The van der Waals surface area contributed by atoms with E-state index in [0.29, 0.717) is 12.0 Å². The van der Waals surface area contributed by atoms with E-state index in [9.17, 15) is 0 Å². The molecule has 2 heterocycles. The predicted octanol–water partition coefficient (Wildman–Crippen LogP) is 2.97. The Balaban J connectivity index is 2.31. The van der Waals surface area contributed by atoms with Crippen molar-refractivity contribution < 1.29 is 0 Å². The van der Waals surface area contributed by atoms with Crippen LogP contribution in [0.4, 0.5) is 0 Å². The molecule has 2 nitrogen and oxygen atoms in total. The van der Waals surface area contributed by atoms with Gasteiger partial charge in [-0.05, 0) is 43.4 Å². The first kappa shape index (κ1) is 11.6. The number of hydrogen-bond donors (Lipinski definition) is 0. The molecule has 0 unspecified atom stereocenters. The van der Waals surface area contributed by atoms with Gasteiger partial charge in [-0.2, -0.15) is 0 Å². The molecular weight excluding hydrogens is 196 g/mol. The summed E-state index contributed by atoms with van der Waals surface area (Å²) < 4.78 is 0. The third-order valence-electron chi connectivity index (χ3n) is 3.49. The minimum atomic E-state index is 0.542. The molecule has 2 rings (SSSR count). The second-order valence-electron chi connectivity index (χ2n) is 5.30. The van der Waals surface area contributed by atoms with Gasteiger partial charge < -0.3 is 0 Å². The standard InChI is InChI=1S/C14H22N2/c1-10(2)14-13-6-8-16(11(3)4)9-12(13)5-7-15-14/h5,7,10-11H,6,8-9H2,1-4H3. The van der Waals surface area contributed by atoms with Crippen LogP contribution >= 0.6 is 0 Å². The highest BCUT2D eigenvalue weighted by Gasteiger charge is 2.21. The summed E-state index contributed by atoms with van der Waals surface area (Å²) >= 11 is 0. The molecule has 1 aromatic rings. The van der Waals surface area contributed by atoms with Crippen LogP contribution in [-0.2, 0) is 13.0 Å². The number of hydrogen-bond acceptors (Lipinski definition) is 2. The zero-order chi connectivity index (χ0) is 11.7. The fraction of sp³-hybridized carbons (Fsp3) is 0.643. The van der Waals surface area contributed by atoms with Gasteiger partial charge >= 0.3 is 0 Å². The lowest BCUT2D eigenvalue weighted by atomic mass is 9.93. The highest BCUT2D eigenvalue weighted by molar-refractivity contribution is 5.33. The monoisotopic (exact) mass is 218 g/mol. The van der Waals surface area contributed by atoms with E-state index in [-0.39, 0.29) is 0 Å². The SMILES string of the molecule is CC(C)c1nccc2c1CCN(C(C)C)C2. The Kier molecular flexibility index (Phi) is 3.29. The highest BCUT2D eigenvalue weighted by Crippen LogP contribution is 2.26. The van der Waals surface area contributed by atoms with Gasteiger partial charge in [0.1, 0.15) is 0 Å². The number of rotatable bonds is 2. The van der Waals surface area contributed by atoms with Gasteiger partial charge in [-0.25, -0.2) is 0 Å². The summed E-state index contributed by atoms with van der Waals surface area (Å²) in [6.45, 7) is 11.3. The quantitative estimate of drug-likeness (QED) is 0.758. The van der Waals surface area contributed by atoms with Crippen molar-refractivity contribution in [3.63, 3.8) is 0 Å². The molecule has 0 N–H and O–H groups in total. The fourth-order valence-corrected chi connectivity index (χ4v) is 2.48. The van der Waals surface area contributed by atoms with E-state index < -0.39 is 0 Å². The third-order valence-corrected chi connectivity index (χ3v) is 3.49. The number of nitrogens with zero attached hydrogens (tertiary/aromatic N) is 2. The van der Waals surface area contributed by atoms with Crippen LogP contribution in [0.3, 0.4) is 0 Å². The lowest BCUT2D eigenvalue weighted by Gasteiger charge is -2.33. The van der Waals surface area contributed by atoms with Crippen LogP contribution in [0, 0.1) is 0 Å². The van der Waals surface area contributed by atoms with E-state index in [1.165, 1.54) is 23.4 Å². The molecule has 16 heavy (non-hydrogen) atoms. The van der Waals surface area contributed by atoms with Crippen LogP contribution in [-0.4, -0.2) is 22.5 Å². The number of fused-ring (bicyclic) bond motifs is 1. The van der Waals surface area contributed by atoms with Gasteiger partial charge in [-0.1, -0.05) is 13.8 Å².